The van der Waals surface area contributed by atoms with Gasteiger partial charge in [-0.05, 0) is 18.2 Å². The van der Waals surface area contributed by atoms with E-state index in [9.17, 15) is 13.2 Å². The topological polar surface area (TPSA) is 123 Å². The smallest absolute Gasteiger partial charge is 0.337 e. The van der Waals surface area contributed by atoms with E-state index in [1.165, 1.54) is 6.07 Å². The van der Waals surface area contributed by atoms with E-state index >= 15 is 0 Å². The predicted molar refractivity (Wildman–Crippen MR) is 56.4 cm³/mol. The number of rotatable bonds is 2. The van der Waals surface area contributed by atoms with E-state index in [0.29, 0.717) is 0 Å². The molecule has 0 fully saturated rings. The standard InChI is InChI=1S/C7H8N2O4S.ClH/c8-4-1-2-5(7(10)11)6(3-4)14(9,12)13;/h1-3H,8H2,(H,10,11)(H2,9,12,13);1H. The van der Waals surface area contributed by atoms with Gasteiger partial charge in [-0.25, -0.2) is 18.4 Å². The maximum Gasteiger partial charge on any atom is 0.337 e. The van der Waals surface area contributed by atoms with Crippen LogP contribution in [0.1, 0.15) is 10.4 Å². The van der Waals surface area contributed by atoms with E-state index in [2.05, 4.69) is 0 Å². The van der Waals surface area contributed by atoms with Gasteiger partial charge in [0.2, 0.25) is 10.0 Å². The molecule has 0 saturated carbocycles. The first-order chi connectivity index (χ1) is 6.32. The number of carboxylic acid groups (broad SMARTS) is 1. The molecule has 0 spiro atoms. The highest BCUT2D eigenvalue weighted by molar-refractivity contribution is 7.89. The van der Waals surface area contributed by atoms with Crippen molar-refractivity contribution in [2.45, 2.75) is 4.90 Å². The molecule has 0 aliphatic heterocycles. The minimum Gasteiger partial charge on any atom is -0.478 e. The summed E-state index contributed by atoms with van der Waals surface area (Å²) in [6.07, 6.45) is 0. The zero-order chi connectivity index (χ0) is 10.9. The number of nitrogen functional groups attached to an aromatic ring is 1. The maximum absolute atomic E-state index is 11.0. The lowest BCUT2D eigenvalue weighted by molar-refractivity contribution is 0.0692. The van der Waals surface area contributed by atoms with Gasteiger partial charge in [-0.3, -0.25) is 0 Å². The summed E-state index contributed by atoms with van der Waals surface area (Å²) in [7, 11) is -4.06. The van der Waals surface area contributed by atoms with E-state index in [-0.39, 0.29) is 23.7 Å². The Balaban J connectivity index is 0.00000196. The van der Waals surface area contributed by atoms with Gasteiger partial charge in [-0.15, -0.1) is 12.4 Å². The first kappa shape index (κ1) is 13.7. The van der Waals surface area contributed by atoms with Gasteiger partial charge in [-0.2, -0.15) is 0 Å². The van der Waals surface area contributed by atoms with Crippen molar-refractivity contribution >= 4 is 34.1 Å². The van der Waals surface area contributed by atoms with Gasteiger partial charge in [0.25, 0.3) is 0 Å². The number of carboxylic acids is 1. The van der Waals surface area contributed by atoms with E-state index in [0.717, 1.165) is 12.1 Å². The summed E-state index contributed by atoms with van der Waals surface area (Å²) in [5, 5.41) is 13.5. The molecule has 0 heterocycles. The van der Waals surface area contributed by atoms with Crippen LogP contribution >= 0.6 is 12.4 Å². The number of halogens is 1. The Bertz CT molecular complexity index is 486. The minimum atomic E-state index is -4.06. The van der Waals surface area contributed by atoms with E-state index in [4.69, 9.17) is 16.0 Å². The highest BCUT2D eigenvalue weighted by Crippen LogP contribution is 2.17. The normalized spacial score (nSPS) is 10.5. The van der Waals surface area contributed by atoms with Crippen molar-refractivity contribution in [3.8, 4) is 0 Å². The number of sulfonamides is 1. The molecule has 0 saturated heterocycles. The maximum atomic E-state index is 11.0. The van der Waals surface area contributed by atoms with E-state index in [1.54, 1.807) is 0 Å². The van der Waals surface area contributed by atoms with Gasteiger partial charge in [0.1, 0.15) is 0 Å². The summed E-state index contributed by atoms with van der Waals surface area (Å²) in [5.41, 5.74) is 5.06. The second kappa shape index (κ2) is 4.47. The van der Waals surface area contributed by atoms with E-state index < -0.39 is 20.9 Å². The summed E-state index contributed by atoms with van der Waals surface area (Å²) >= 11 is 0. The molecule has 0 unspecified atom stereocenters. The molecule has 1 aromatic carbocycles. The lowest BCUT2D eigenvalue weighted by Gasteiger charge is -2.03. The third-order valence-corrected chi connectivity index (χ3v) is 2.49. The Kier molecular flexibility index (Phi) is 4.08. The van der Waals surface area contributed by atoms with Crippen molar-refractivity contribution in [3.63, 3.8) is 0 Å². The molecule has 0 aliphatic carbocycles. The summed E-state index contributed by atoms with van der Waals surface area (Å²) in [5.74, 6) is -1.37. The van der Waals surface area contributed by atoms with E-state index in [1.807, 2.05) is 0 Å². The SMILES string of the molecule is Cl.Nc1ccc(C(=O)O)c(S(N)(=O)=O)c1. The Morgan fingerprint density at radius 3 is 2.27 bits per heavy atom. The molecule has 0 radical (unpaired) electrons. The van der Waals surface area contributed by atoms with Crippen molar-refractivity contribution < 1.29 is 18.3 Å². The van der Waals surface area contributed by atoms with Gasteiger partial charge in [0.15, 0.2) is 0 Å². The Labute approximate surface area is 92.3 Å². The number of hydrogen-bond donors (Lipinski definition) is 3. The lowest BCUT2D eigenvalue weighted by Crippen LogP contribution is -2.17. The highest BCUT2D eigenvalue weighted by atomic mass is 35.5. The number of anilines is 1. The number of benzene rings is 1. The molecule has 1 rings (SSSR count). The largest absolute Gasteiger partial charge is 0.478 e. The van der Waals surface area contributed by atoms with Crippen LogP contribution in [0, 0.1) is 0 Å². The molecule has 0 atom stereocenters. The molecular weight excluding hydrogens is 244 g/mol. The highest BCUT2D eigenvalue weighted by Gasteiger charge is 2.18. The van der Waals surface area contributed by atoms with Crippen LogP contribution in [0.15, 0.2) is 23.1 Å². The lowest BCUT2D eigenvalue weighted by atomic mass is 10.2. The van der Waals surface area contributed by atoms with Gasteiger partial charge in [-0.1, -0.05) is 0 Å². The van der Waals surface area contributed by atoms with Crippen LogP contribution in [0.4, 0.5) is 5.69 Å². The molecule has 0 bridgehead atoms. The van der Waals surface area contributed by atoms with Crippen molar-refractivity contribution in [3.05, 3.63) is 23.8 Å². The first-order valence-electron chi connectivity index (χ1n) is 3.48. The molecule has 5 N–H and O–H groups in total. The summed E-state index contributed by atoms with van der Waals surface area (Å²) in [4.78, 5) is 10.1. The Morgan fingerprint density at radius 1 is 1.33 bits per heavy atom. The van der Waals surface area contributed by atoms with Gasteiger partial charge in [0, 0.05) is 5.69 Å². The molecular formula is C7H9ClN2O4S. The molecule has 6 nitrogen and oxygen atoms in total. The van der Waals surface area contributed by atoms with Crippen LogP contribution < -0.4 is 10.9 Å². The van der Waals surface area contributed by atoms with Crippen LogP contribution in [0.25, 0.3) is 0 Å². The molecule has 8 heteroatoms. The number of primary sulfonamides is 1. The van der Waals surface area contributed by atoms with Gasteiger partial charge in [0.05, 0.1) is 10.5 Å². The predicted octanol–water partition coefficient (Wildman–Crippen LogP) is 0.0362. The average Bonchev–Trinajstić information content (AvgIpc) is 2.01. The minimum absolute atomic E-state index is 0. The molecule has 0 aliphatic rings. The van der Waals surface area contributed by atoms with Crippen LogP contribution in [-0.4, -0.2) is 19.5 Å². The van der Waals surface area contributed by atoms with Crippen molar-refractivity contribution in [2.24, 2.45) is 5.14 Å². The molecule has 84 valence electrons. The molecule has 15 heavy (non-hydrogen) atoms. The third-order valence-electron chi connectivity index (χ3n) is 1.54. The average molecular weight is 253 g/mol. The second-order valence-corrected chi connectivity index (χ2v) is 4.14. The number of hydrogen-bond acceptors (Lipinski definition) is 4. The van der Waals surface area contributed by atoms with Gasteiger partial charge >= 0.3 is 5.97 Å². The summed E-state index contributed by atoms with van der Waals surface area (Å²) in [6, 6.07) is 3.40. The second-order valence-electron chi connectivity index (χ2n) is 2.61. The number of aromatic carboxylic acids is 1. The van der Waals surface area contributed by atoms with Crippen LogP contribution in [-0.2, 0) is 10.0 Å². The zero-order valence-corrected chi connectivity index (χ0v) is 9.01. The fourth-order valence-electron chi connectivity index (χ4n) is 0.951. The quantitative estimate of drug-likeness (QED) is 0.641. The fourth-order valence-corrected chi connectivity index (χ4v) is 1.71. The number of nitrogens with two attached hydrogens (primary N) is 2. The van der Waals surface area contributed by atoms with Gasteiger partial charge < -0.3 is 10.8 Å². The van der Waals surface area contributed by atoms with Crippen molar-refractivity contribution in [1.29, 1.82) is 0 Å². The monoisotopic (exact) mass is 252 g/mol. The Hall–Kier alpha value is -1.31. The van der Waals surface area contributed by atoms with Crippen molar-refractivity contribution in [1.82, 2.24) is 0 Å². The first-order valence-corrected chi connectivity index (χ1v) is 5.02. The van der Waals surface area contributed by atoms with Crippen LogP contribution in [0.5, 0.6) is 0 Å². The Morgan fingerprint density at radius 2 is 1.87 bits per heavy atom. The summed E-state index contributed by atoms with van der Waals surface area (Å²) < 4.78 is 21.9. The number of carbonyl (C=O) groups is 1. The fraction of sp³-hybridized carbons (Fsp3) is 0. The molecule has 0 aromatic heterocycles. The van der Waals surface area contributed by atoms with Crippen molar-refractivity contribution in [2.75, 3.05) is 5.73 Å². The third kappa shape index (κ3) is 3.08. The molecule has 0 amide bonds. The zero-order valence-electron chi connectivity index (χ0n) is 7.38. The van der Waals surface area contributed by atoms with Crippen LogP contribution in [0.2, 0.25) is 0 Å². The molecule has 1 aromatic rings. The summed E-state index contributed by atoms with van der Waals surface area (Å²) in [6.45, 7) is 0. The van der Waals surface area contributed by atoms with Crippen LogP contribution in [0.3, 0.4) is 0 Å².